The third-order valence-corrected chi connectivity index (χ3v) is 5.44. The number of carboxylic acid groups (broad SMARTS) is 1. The van der Waals surface area contributed by atoms with E-state index in [2.05, 4.69) is 39.8 Å². The maximum absolute atomic E-state index is 10.3. The van der Waals surface area contributed by atoms with Crippen molar-refractivity contribution in [1.29, 1.82) is 0 Å². The zero-order chi connectivity index (χ0) is 24.8. The van der Waals surface area contributed by atoms with Gasteiger partial charge in [0.1, 0.15) is 0 Å². The molecule has 0 amide bonds. The minimum atomic E-state index is -0.664. The minimum Gasteiger partial charge on any atom is -0.481 e. The largest absolute Gasteiger partial charge is 0.481 e. The van der Waals surface area contributed by atoms with Gasteiger partial charge in [-0.05, 0) is 51.9 Å². The average molecular weight is 471 g/mol. The molecule has 0 spiro atoms. The highest BCUT2D eigenvalue weighted by molar-refractivity contribution is 5.66. The summed E-state index contributed by atoms with van der Waals surface area (Å²) in [6.07, 6.45) is 26.7. The van der Waals surface area contributed by atoms with Crippen molar-refractivity contribution in [2.45, 2.75) is 149 Å². The van der Waals surface area contributed by atoms with E-state index in [0.29, 0.717) is 12.5 Å². The van der Waals surface area contributed by atoms with Crippen LogP contribution in [0.4, 0.5) is 0 Å². The van der Waals surface area contributed by atoms with Gasteiger partial charge >= 0.3 is 5.97 Å². The van der Waals surface area contributed by atoms with Crippen LogP contribution in [0, 0.1) is 0 Å². The van der Waals surface area contributed by atoms with Crippen LogP contribution < -0.4 is 0 Å². The molecule has 0 aliphatic carbocycles. The van der Waals surface area contributed by atoms with Gasteiger partial charge in [-0.3, -0.25) is 4.79 Å². The highest BCUT2D eigenvalue weighted by Gasteiger charge is 2.13. The van der Waals surface area contributed by atoms with Crippen molar-refractivity contribution >= 4 is 5.97 Å². The van der Waals surface area contributed by atoms with Gasteiger partial charge in [0.05, 0.1) is 12.7 Å². The Morgan fingerprint density at radius 2 is 1.15 bits per heavy atom. The maximum atomic E-state index is 10.3. The van der Waals surface area contributed by atoms with Crippen molar-refractivity contribution in [3.05, 3.63) is 12.2 Å². The Morgan fingerprint density at radius 3 is 1.55 bits per heavy atom. The number of carbonyl (C=O) groups is 1. The average Bonchev–Trinajstić information content (AvgIpc) is 3.59. The molecule has 1 fully saturated rings. The summed E-state index contributed by atoms with van der Waals surface area (Å²) in [6.45, 7) is 11.6. The van der Waals surface area contributed by atoms with Crippen LogP contribution in [0.15, 0.2) is 12.2 Å². The van der Waals surface area contributed by atoms with E-state index < -0.39 is 5.97 Å². The maximum Gasteiger partial charge on any atom is 0.303 e. The number of allylic oxidation sites excluding steroid dienone is 2. The summed E-state index contributed by atoms with van der Waals surface area (Å²) in [5.41, 5.74) is 0. The minimum absolute atomic E-state index is 0.332. The SMILES string of the molecule is CC1CO1.CCCCCCCCC=CCCCCCCCC(=O)O.CCCCOCCCC. The number of ether oxygens (including phenoxy) is 2. The van der Waals surface area contributed by atoms with Gasteiger partial charge in [-0.15, -0.1) is 0 Å². The van der Waals surface area contributed by atoms with E-state index in [4.69, 9.17) is 14.6 Å². The molecule has 1 aliphatic rings. The Labute approximate surface area is 206 Å². The Balaban J connectivity index is 0. The van der Waals surface area contributed by atoms with Crippen molar-refractivity contribution in [3.8, 4) is 0 Å². The fourth-order valence-electron chi connectivity index (χ4n) is 3.04. The second-order valence-corrected chi connectivity index (χ2v) is 9.19. The van der Waals surface area contributed by atoms with E-state index in [1.54, 1.807) is 0 Å². The standard InChI is InChI=1S/C18H34O2.C8H18O.C3H6O/c1-2-3-4-5-6-7-8-9-10-11-12-13-14-15-16-17-18(19)20;1-3-5-7-9-8-6-4-2;1-3-2-4-3/h9-10H,2-8,11-17H2,1H3,(H,19,20);3-8H2,1-2H3;3H,2H2,1H3. The molecule has 0 saturated carbocycles. The predicted octanol–water partition coefficient (Wildman–Crippen LogP) is 9.12. The molecule has 1 heterocycles. The second kappa shape index (κ2) is 31.1. The van der Waals surface area contributed by atoms with Gasteiger partial charge in [0.2, 0.25) is 0 Å². The summed E-state index contributed by atoms with van der Waals surface area (Å²) in [5.74, 6) is -0.664. The predicted molar refractivity (Wildman–Crippen MR) is 143 cm³/mol. The van der Waals surface area contributed by atoms with E-state index in [0.717, 1.165) is 32.7 Å². The van der Waals surface area contributed by atoms with Crippen molar-refractivity contribution in [2.75, 3.05) is 19.8 Å². The van der Waals surface area contributed by atoms with E-state index in [9.17, 15) is 4.79 Å². The Bertz CT molecular complexity index is 385. The van der Waals surface area contributed by atoms with Crippen LogP contribution in [0.1, 0.15) is 143 Å². The van der Waals surface area contributed by atoms with Crippen LogP contribution in [0.3, 0.4) is 0 Å². The molecule has 4 nitrogen and oxygen atoms in total. The third-order valence-electron chi connectivity index (χ3n) is 5.44. The number of unbranched alkanes of at least 4 members (excludes halogenated alkanes) is 13. The van der Waals surface area contributed by atoms with E-state index in [-0.39, 0.29) is 0 Å². The van der Waals surface area contributed by atoms with Crippen LogP contribution in [0.25, 0.3) is 0 Å². The molecule has 1 aliphatic heterocycles. The molecule has 4 heteroatoms. The zero-order valence-corrected chi connectivity index (χ0v) is 22.8. The first-order chi connectivity index (χ1) is 16.1. The number of aliphatic carboxylic acids is 1. The molecule has 0 aromatic rings. The molecule has 0 aromatic heterocycles. The summed E-state index contributed by atoms with van der Waals surface area (Å²) in [5, 5.41) is 8.51. The van der Waals surface area contributed by atoms with Crippen molar-refractivity contribution in [2.24, 2.45) is 0 Å². The molecular weight excluding hydrogens is 412 g/mol. The summed E-state index contributed by atoms with van der Waals surface area (Å²) in [6, 6.07) is 0. The first kappa shape index (κ1) is 34.3. The highest BCUT2D eigenvalue weighted by Crippen LogP contribution is 2.09. The number of epoxide rings is 1. The zero-order valence-electron chi connectivity index (χ0n) is 22.8. The molecule has 1 atom stereocenters. The first-order valence-electron chi connectivity index (χ1n) is 14.1. The van der Waals surface area contributed by atoms with Gasteiger partial charge in [0.15, 0.2) is 0 Å². The Morgan fingerprint density at radius 1 is 0.758 bits per heavy atom. The fraction of sp³-hybridized carbons (Fsp3) is 0.897. The Hall–Kier alpha value is -0.870. The summed E-state index contributed by atoms with van der Waals surface area (Å²) < 4.78 is 10.0. The van der Waals surface area contributed by atoms with Gasteiger partial charge in [-0.2, -0.15) is 0 Å². The molecule has 1 rings (SSSR count). The van der Waals surface area contributed by atoms with Crippen LogP contribution in [0.5, 0.6) is 0 Å². The first-order valence-corrected chi connectivity index (χ1v) is 14.1. The van der Waals surface area contributed by atoms with Crippen molar-refractivity contribution < 1.29 is 19.4 Å². The smallest absolute Gasteiger partial charge is 0.303 e. The van der Waals surface area contributed by atoms with Crippen molar-refractivity contribution in [1.82, 2.24) is 0 Å². The molecular formula is C29H58O4. The highest BCUT2D eigenvalue weighted by atomic mass is 16.6. The summed E-state index contributed by atoms with van der Waals surface area (Å²) in [7, 11) is 0. The number of hydrogen-bond acceptors (Lipinski definition) is 3. The molecule has 198 valence electrons. The van der Waals surface area contributed by atoms with Crippen molar-refractivity contribution in [3.63, 3.8) is 0 Å². The lowest BCUT2D eigenvalue weighted by Gasteiger charge is -1.99. The molecule has 1 saturated heterocycles. The molecule has 1 N–H and O–H groups in total. The van der Waals surface area contributed by atoms with Gasteiger partial charge < -0.3 is 14.6 Å². The van der Waals surface area contributed by atoms with Crippen LogP contribution in [-0.2, 0) is 14.3 Å². The third kappa shape index (κ3) is 41.8. The van der Waals surface area contributed by atoms with Gasteiger partial charge in [0.25, 0.3) is 0 Å². The van der Waals surface area contributed by atoms with Crippen LogP contribution in [0.2, 0.25) is 0 Å². The lowest BCUT2D eigenvalue weighted by Crippen LogP contribution is -1.95. The van der Waals surface area contributed by atoms with E-state index in [1.165, 1.54) is 96.3 Å². The molecule has 0 aromatic carbocycles. The monoisotopic (exact) mass is 470 g/mol. The van der Waals surface area contributed by atoms with Gasteiger partial charge in [-0.25, -0.2) is 0 Å². The van der Waals surface area contributed by atoms with Gasteiger partial charge in [-0.1, -0.05) is 97.1 Å². The number of carboxylic acids is 1. The second-order valence-electron chi connectivity index (χ2n) is 9.19. The fourth-order valence-corrected chi connectivity index (χ4v) is 3.04. The van der Waals surface area contributed by atoms with Gasteiger partial charge in [0, 0.05) is 19.6 Å². The molecule has 33 heavy (non-hydrogen) atoms. The molecule has 0 bridgehead atoms. The summed E-state index contributed by atoms with van der Waals surface area (Å²) in [4.78, 5) is 10.3. The topological polar surface area (TPSA) is 59.1 Å². The normalized spacial score (nSPS) is 14.4. The lowest BCUT2D eigenvalue weighted by atomic mass is 10.1. The van der Waals surface area contributed by atoms with Crippen LogP contribution >= 0.6 is 0 Å². The van der Waals surface area contributed by atoms with E-state index >= 15 is 0 Å². The summed E-state index contributed by atoms with van der Waals surface area (Å²) >= 11 is 0. The number of rotatable bonds is 21. The van der Waals surface area contributed by atoms with Crippen LogP contribution in [-0.4, -0.2) is 37.0 Å². The van der Waals surface area contributed by atoms with E-state index in [1.807, 2.05) is 0 Å². The lowest BCUT2D eigenvalue weighted by molar-refractivity contribution is -0.137. The Kier molecular flexibility index (Phi) is 32.4. The number of hydrogen-bond donors (Lipinski definition) is 1. The molecule has 0 radical (unpaired) electrons. The quantitative estimate of drug-likeness (QED) is 0.103. The molecule has 1 unspecified atom stereocenters.